The first-order valence-corrected chi connectivity index (χ1v) is 13.8. The Kier molecular flexibility index (Phi) is 6.66. The number of piperazine rings is 1. The van der Waals surface area contributed by atoms with Gasteiger partial charge in [-0.3, -0.25) is 9.59 Å². The largest absolute Gasteiger partial charge is 0.335 e. The lowest BCUT2D eigenvalue weighted by molar-refractivity contribution is 0.0653. The molecule has 3 aromatic rings. The number of hydrogen-bond donors (Lipinski definition) is 0. The summed E-state index contributed by atoms with van der Waals surface area (Å²) < 4.78 is 2.11. The molecule has 6 nitrogen and oxygen atoms in total. The molecule has 2 aliphatic heterocycles. The number of rotatable bonds is 3. The van der Waals surface area contributed by atoms with Crippen molar-refractivity contribution < 1.29 is 9.59 Å². The SMILES string of the molecule is CC1=C(c2ccc(C(=O)N3Cc4ccc(C(=O)N5CCN(C)CC5)n4Cc4ccccc43)cc2)CCCC1. The summed E-state index contributed by atoms with van der Waals surface area (Å²) in [5, 5.41) is 0. The predicted octanol–water partition coefficient (Wildman–Crippen LogP) is 5.43. The fourth-order valence-electron chi connectivity index (χ4n) is 6.12. The number of allylic oxidation sites excluding steroid dienone is 2. The molecule has 6 heteroatoms. The van der Waals surface area contributed by atoms with E-state index >= 15 is 0 Å². The highest BCUT2D eigenvalue weighted by Crippen LogP contribution is 2.33. The van der Waals surface area contributed by atoms with Gasteiger partial charge in [-0.25, -0.2) is 0 Å². The van der Waals surface area contributed by atoms with Crippen LogP contribution in [0.15, 0.2) is 66.2 Å². The highest BCUT2D eigenvalue weighted by atomic mass is 16.2. The molecule has 0 atom stereocenters. The zero-order valence-corrected chi connectivity index (χ0v) is 22.4. The van der Waals surface area contributed by atoms with Crippen LogP contribution in [0.5, 0.6) is 0 Å². The van der Waals surface area contributed by atoms with Crippen LogP contribution >= 0.6 is 0 Å². The number of carbonyl (C=O) groups is 2. The summed E-state index contributed by atoms with van der Waals surface area (Å²) in [6, 6.07) is 20.2. The second kappa shape index (κ2) is 10.3. The number of likely N-dealkylation sites (N-methyl/N-ethyl adjacent to an activating group) is 1. The van der Waals surface area contributed by atoms with Gasteiger partial charge in [0.15, 0.2) is 0 Å². The van der Waals surface area contributed by atoms with Crippen LogP contribution in [0.3, 0.4) is 0 Å². The number of benzene rings is 2. The van der Waals surface area contributed by atoms with Gasteiger partial charge in [0.05, 0.1) is 13.1 Å². The van der Waals surface area contributed by atoms with Crippen LogP contribution in [0, 0.1) is 0 Å². The maximum Gasteiger partial charge on any atom is 0.270 e. The van der Waals surface area contributed by atoms with Crippen LogP contribution in [0.2, 0.25) is 0 Å². The van der Waals surface area contributed by atoms with Crippen molar-refractivity contribution in [2.45, 2.75) is 45.7 Å². The van der Waals surface area contributed by atoms with Gasteiger partial charge in [0, 0.05) is 43.1 Å². The van der Waals surface area contributed by atoms with Crippen molar-refractivity contribution in [1.29, 1.82) is 0 Å². The first kappa shape index (κ1) is 24.7. The molecule has 0 bridgehead atoms. The van der Waals surface area contributed by atoms with Gasteiger partial charge in [-0.15, -0.1) is 0 Å². The Hall–Kier alpha value is -3.64. The van der Waals surface area contributed by atoms with E-state index in [0.29, 0.717) is 24.3 Å². The third kappa shape index (κ3) is 4.58. The topological polar surface area (TPSA) is 48.8 Å². The lowest BCUT2D eigenvalue weighted by Gasteiger charge is -2.32. The van der Waals surface area contributed by atoms with E-state index in [1.54, 1.807) is 0 Å². The van der Waals surface area contributed by atoms with E-state index < -0.39 is 0 Å². The molecule has 3 heterocycles. The third-order valence-electron chi connectivity index (χ3n) is 8.48. The van der Waals surface area contributed by atoms with Crippen LogP contribution in [0.4, 0.5) is 5.69 Å². The maximum absolute atomic E-state index is 13.9. The second-order valence-electron chi connectivity index (χ2n) is 11.0. The Morgan fingerprint density at radius 1 is 0.763 bits per heavy atom. The van der Waals surface area contributed by atoms with E-state index in [9.17, 15) is 9.59 Å². The minimum atomic E-state index is -0.0139. The third-order valence-corrected chi connectivity index (χ3v) is 8.48. The van der Waals surface area contributed by atoms with Gasteiger partial charge in [0.1, 0.15) is 5.69 Å². The summed E-state index contributed by atoms with van der Waals surface area (Å²) in [6.45, 7) is 6.49. The van der Waals surface area contributed by atoms with Crippen LogP contribution < -0.4 is 4.90 Å². The molecule has 3 aliphatic rings. The molecule has 0 radical (unpaired) electrons. The Bertz CT molecular complexity index is 1390. The first-order valence-electron chi connectivity index (χ1n) is 13.8. The van der Waals surface area contributed by atoms with E-state index in [4.69, 9.17) is 0 Å². The molecule has 2 aromatic carbocycles. The lowest BCUT2D eigenvalue weighted by atomic mass is 9.88. The minimum absolute atomic E-state index is 0.0139. The maximum atomic E-state index is 13.9. The van der Waals surface area contributed by atoms with E-state index in [-0.39, 0.29) is 11.8 Å². The van der Waals surface area contributed by atoms with Crippen molar-refractivity contribution in [3.05, 3.63) is 94.3 Å². The van der Waals surface area contributed by atoms with Gasteiger partial charge in [0.2, 0.25) is 0 Å². The average Bonchev–Trinajstić information content (AvgIpc) is 3.26. The lowest BCUT2D eigenvalue weighted by Crippen LogP contribution is -2.47. The van der Waals surface area contributed by atoms with Crippen molar-refractivity contribution >= 4 is 23.1 Å². The monoisotopic (exact) mass is 508 g/mol. The number of anilines is 1. The zero-order chi connectivity index (χ0) is 26.2. The van der Waals surface area contributed by atoms with E-state index in [1.165, 1.54) is 36.0 Å². The molecule has 6 rings (SSSR count). The molecular weight excluding hydrogens is 472 g/mol. The summed E-state index contributed by atoms with van der Waals surface area (Å²) >= 11 is 0. The number of aromatic nitrogens is 1. The Morgan fingerprint density at radius 3 is 2.26 bits per heavy atom. The molecule has 1 saturated heterocycles. The summed E-state index contributed by atoms with van der Waals surface area (Å²) in [5.74, 6) is 0.0597. The first-order chi connectivity index (χ1) is 18.5. The molecule has 0 spiro atoms. The smallest absolute Gasteiger partial charge is 0.270 e. The quantitative estimate of drug-likeness (QED) is 0.474. The Morgan fingerprint density at radius 2 is 1.50 bits per heavy atom. The van der Waals surface area contributed by atoms with Gasteiger partial charge in [0.25, 0.3) is 11.8 Å². The molecule has 0 unspecified atom stereocenters. The number of hydrogen-bond acceptors (Lipinski definition) is 3. The van der Waals surface area contributed by atoms with E-state index in [2.05, 4.69) is 41.6 Å². The molecular formula is C32H36N4O2. The fraction of sp³-hybridized carbons (Fsp3) is 0.375. The van der Waals surface area contributed by atoms with Crippen molar-refractivity contribution in [3.8, 4) is 0 Å². The Labute approximate surface area is 225 Å². The summed E-state index contributed by atoms with van der Waals surface area (Å²) in [4.78, 5) is 33.5. The van der Waals surface area contributed by atoms with Crippen molar-refractivity contribution in [3.63, 3.8) is 0 Å². The normalized spacial score (nSPS) is 18.2. The minimum Gasteiger partial charge on any atom is -0.335 e. The van der Waals surface area contributed by atoms with Crippen LogP contribution in [0.25, 0.3) is 5.57 Å². The molecule has 196 valence electrons. The van der Waals surface area contributed by atoms with Crippen molar-refractivity contribution in [2.75, 3.05) is 38.1 Å². The zero-order valence-electron chi connectivity index (χ0n) is 22.4. The molecule has 1 fully saturated rings. The van der Waals surface area contributed by atoms with Gasteiger partial charge in [-0.2, -0.15) is 0 Å². The molecule has 1 aromatic heterocycles. The number of nitrogens with zero attached hydrogens (tertiary/aromatic N) is 4. The highest BCUT2D eigenvalue weighted by molar-refractivity contribution is 6.06. The van der Waals surface area contributed by atoms with Gasteiger partial charge < -0.3 is 19.3 Å². The predicted molar refractivity (Wildman–Crippen MR) is 151 cm³/mol. The number of fused-ring (bicyclic) bond motifs is 2. The van der Waals surface area contributed by atoms with Crippen molar-refractivity contribution in [2.24, 2.45) is 0 Å². The summed E-state index contributed by atoms with van der Waals surface area (Å²) in [7, 11) is 2.09. The summed E-state index contributed by atoms with van der Waals surface area (Å²) in [6.07, 6.45) is 4.78. The van der Waals surface area contributed by atoms with Crippen LogP contribution in [-0.2, 0) is 13.1 Å². The molecule has 0 saturated carbocycles. The molecule has 0 N–H and O–H groups in total. The fourth-order valence-corrected chi connectivity index (χ4v) is 6.12. The highest BCUT2D eigenvalue weighted by Gasteiger charge is 2.29. The molecule has 1 aliphatic carbocycles. The van der Waals surface area contributed by atoms with Crippen LogP contribution in [0.1, 0.15) is 70.3 Å². The van der Waals surface area contributed by atoms with Crippen LogP contribution in [-0.4, -0.2) is 59.4 Å². The van der Waals surface area contributed by atoms with E-state index in [0.717, 1.165) is 49.5 Å². The molecule has 2 amide bonds. The van der Waals surface area contributed by atoms with Gasteiger partial charge in [-0.05, 0) is 86.7 Å². The number of amides is 2. The Balaban J connectivity index is 1.30. The second-order valence-corrected chi connectivity index (χ2v) is 11.0. The standard InChI is InChI=1S/C32H36N4O2/c1-23-7-3-5-9-28(23)24-11-13-25(14-12-24)31(37)36-22-27-15-16-30(32(38)34-19-17-33(2)18-20-34)35(27)21-26-8-4-6-10-29(26)36/h4,6,8,10-16H,3,5,7,9,17-22H2,1-2H3. The van der Waals surface area contributed by atoms with Gasteiger partial charge in [-0.1, -0.05) is 35.9 Å². The molecule has 38 heavy (non-hydrogen) atoms. The number of carbonyl (C=O) groups excluding carboxylic acids is 2. The number of para-hydroxylation sites is 1. The van der Waals surface area contributed by atoms with Crippen molar-refractivity contribution in [1.82, 2.24) is 14.4 Å². The van der Waals surface area contributed by atoms with E-state index in [1.807, 2.05) is 52.3 Å². The summed E-state index contributed by atoms with van der Waals surface area (Å²) in [5.41, 5.74) is 8.46. The van der Waals surface area contributed by atoms with Gasteiger partial charge >= 0.3 is 0 Å². The average molecular weight is 509 g/mol.